The Hall–Kier alpha value is -2.73. The molecule has 0 radical (unpaired) electrons. The number of hydrogen-bond acceptors (Lipinski definition) is 4. The summed E-state index contributed by atoms with van der Waals surface area (Å²) in [6, 6.07) is 10.1. The van der Waals surface area contributed by atoms with E-state index >= 15 is 0 Å². The second-order valence-electron chi connectivity index (χ2n) is 5.26. The predicted molar refractivity (Wildman–Crippen MR) is 93.0 cm³/mol. The number of aryl methyl sites for hydroxylation is 1. The van der Waals surface area contributed by atoms with E-state index in [1.54, 1.807) is 41.8 Å². The van der Waals surface area contributed by atoms with Crippen molar-refractivity contribution in [3.63, 3.8) is 0 Å². The van der Waals surface area contributed by atoms with E-state index in [0.29, 0.717) is 5.75 Å². The van der Waals surface area contributed by atoms with Gasteiger partial charge in [0.25, 0.3) is 0 Å². The molecular formula is C18H14FN3OS. The van der Waals surface area contributed by atoms with Crippen molar-refractivity contribution in [2.24, 2.45) is 0 Å². The van der Waals surface area contributed by atoms with Crippen LogP contribution in [0.2, 0.25) is 0 Å². The van der Waals surface area contributed by atoms with Crippen molar-refractivity contribution in [3.05, 3.63) is 60.9 Å². The van der Waals surface area contributed by atoms with Crippen LogP contribution < -0.4 is 4.74 Å². The summed E-state index contributed by atoms with van der Waals surface area (Å²) in [5.41, 5.74) is 1.71. The third-order valence-electron chi connectivity index (χ3n) is 3.68. The van der Waals surface area contributed by atoms with Crippen molar-refractivity contribution in [3.8, 4) is 22.1 Å². The molecule has 0 fully saturated rings. The zero-order valence-corrected chi connectivity index (χ0v) is 13.8. The van der Waals surface area contributed by atoms with E-state index < -0.39 is 0 Å². The van der Waals surface area contributed by atoms with Crippen molar-refractivity contribution < 1.29 is 9.13 Å². The van der Waals surface area contributed by atoms with Gasteiger partial charge >= 0.3 is 0 Å². The summed E-state index contributed by atoms with van der Waals surface area (Å²) in [6.07, 6.45) is 5.48. The molecule has 3 heterocycles. The highest BCUT2D eigenvalue weighted by atomic mass is 32.1. The standard InChI is InChI=1S/C18H14FN3OS/c1-2-22-10-14(21-11-22)17-9-13-18(24-17)16(7-8-20-13)23-15-6-4-3-5-12(15)19/h3-11H,2H2,1H3. The second kappa shape index (κ2) is 6.05. The lowest BCUT2D eigenvalue weighted by Crippen LogP contribution is -1.88. The number of rotatable bonds is 4. The fourth-order valence-corrected chi connectivity index (χ4v) is 3.45. The first-order valence-electron chi connectivity index (χ1n) is 7.57. The van der Waals surface area contributed by atoms with E-state index in [4.69, 9.17) is 4.74 Å². The van der Waals surface area contributed by atoms with E-state index in [2.05, 4.69) is 16.9 Å². The molecule has 0 N–H and O–H groups in total. The summed E-state index contributed by atoms with van der Waals surface area (Å²) in [5, 5.41) is 0. The van der Waals surface area contributed by atoms with E-state index in [-0.39, 0.29) is 11.6 Å². The van der Waals surface area contributed by atoms with Crippen LogP contribution in [0.4, 0.5) is 4.39 Å². The van der Waals surface area contributed by atoms with Gasteiger partial charge in [-0.2, -0.15) is 0 Å². The lowest BCUT2D eigenvalue weighted by molar-refractivity contribution is 0.447. The van der Waals surface area contributed by atoms with E-state index in [0.717, 1.165) is 27.3 Å². The molecule has 0 bridgehead atoms. The highest BCUT2D eigenvalue weighted by molar-refractivity contribution is 7.22. The topological polar surface area (TPSA) is 39.9 Å². The monoisotopic (exact) mass is 339 g/mol. The largest absolute Gasteiger partial charge is 0.453 e. The minimum atomic E-state index is -0.388. The van der Waals surface area contributed by atoms with Crippen LogP contribution >= 0.6 is 11.3 Å². The van der Waals surface area contributed by atoms with Crippen molar-refractivity contribution in [1.82, 2.24) is 14.5 Å². The lowest BCUT2D eigenvalue weighted by atomic mass is 10.3. The lowest BCUT2D eigenvalue weighted by Gasteiger charge is -2.06. The number of hydrogen-bond donors (Lipinski definition) is 0. The van der Waals surface area contributed by atoms with Crippen LogP contribution in [0.25, 0.3) is 20.8 Å². The van der Waals surface area contributed by atoms with Gasteiger partial charge in [0.1, 0.15) is 5.75 Å². The normalized spacial score (nSPS) is 11.1. The molecule has 0 spiro atoms. The van der Waals surface area contributed by atoms with Crippen molar-refractivity contribution >= 4 is 21.6 Å². The van der Waals surface area contributed by atoms with Gasteiger partial charge in [0.05, 0.1) is 27.1 Å². The van der Waals surface area contributed by atoms with Crippen LogP contribution in [-0.4, -0.2) is 14.5 Å². The number of ether oxygens (including phenoxy) is 1. The van der Waals surface area contributed by atoms with Crippen LogP contribution in [0.3, 0.4) is 0 Å². The number of imidazole rings is 1. The fraction of sp³-hybridized carbons (Fsp3) is 0.111. The third kappa shape index (κ3) is 2.65. The molecule has 4 nitrogen and oxygen atoms in total. The van der Waals surface area contributed by atoms with Crippen LogP contribution in [0.15, 0.2) is 55.1 Å². The first-order chi connectivity index (χ1) is 11.7. The van der Waals surface area contributed by atoms with Gasteiger partial charge in [-0.3, -0.25) is 4.98 Å². The Balaban J connectivity index is 1.76. The molecule has 24 heavy (non-hydrogen) atoms. The van der Waals surface area contributed by atoms with Gasteiger partial charge in [0.15, 0.2) is 11.6 Å². The minimum Gasteiger partial charge on any atom is -0.453 e. The van der Waals surface area contributed by atoms with Gasteiger partial charge in [0.2, 0.25) is 0 Å². The molecule has 6 heteroatoms. The Labute approximate surface area is 142 Å². The number of para-hydroxylation sites is 1. The van der Waals surface area contributed by atoms with Crippen LogP contribution in [0, 0.1) is 5.82 Å². The molecule has 0 aliphatic carbocycles. The van der Waals surface area contributed by atoms with E-state index in [1.165, 1.54) is 6.07 Å². The summed E-state index contributed by atoms with van der Waals surface area (Å²) in [4.78, 5) is 9.81. The molecule has 0 unspecified atom stereocenters. The summed E-state index contributed by atoms with van der Waals surface area (Å²) in [6.45, 7) is 2.94. The predicted octanol–water partition coefficient (Wildman–Crippen LogP) is 5.11. The highest BCUT2D eigenvalue weighted by Gasteiger charge is 2.13. The van der Waals surface area contributed by atoms with Crippen LogP contribution in [0.5, 0.6) is 11.5 Å². The van der Waals surface area contributed by atoms with Gasteiger partial charge < -0.3 is 9.30 Å². The van der Waals surface area contributed by atoms with Crippen molar-refractivity contribution in [2.75, 3.05) is 0 Å². The Morgan fingerprint density at radius 3 is 2.83 bits per heavy atom. The Bertz CT molecular complexity index is 1010. The Kier molecular flexibility index (Phi) is 3.74. The summed E-state index contributed by atoms with van der Waals surface area (Å²) < 4.78 is 22.5. The minimum absolute atomic E-state index is 0.204. The summed E-state index contributed by atoms with van der Waals surface area (Å²) in [5.74, 6) is 0.410. The molecule has 0 saturated carbocycles. The number of benzene rings is 1. The molecule has 1 aromatic carbocycles. The molecule has 0 amide bonds. The van der Waals surface area contributed by atoms with Crippen molar-refractivity contribution in [2.45, 2.75) is 13.5 Å². The molecular weight excluding hydrogens is 325 g/mol. The molecule has 0 atom stereocenters. The smallest absolute Gasteiger partial charge is 0.165 e. The van der Waals surface area contributed by atoms with Gasteiger partial charge in [0, 0.05) is 25.0 Å². The summed E-state index contributed by atoms with van der Waals surface area (Å²) in [7, 11) is 0. The molecule has 4 aromatic rings. The fourth-order valence-electron chi connectivity index (χ4n) is 2.43. The average Bonchev–Trinajstić information content (AvgIpc) is 3.23. The van der Waals surface area contributed by atoms with Gasteiger partial charge in [-0.05, 0) is 25.1 Å². The van der Waals surface area contributed by atoms with E-state index in [9.17, 15) is 4.39 Å². The molecule has 0 aliphatic heterocycles. The van der Waals surface area contributed by atoms with Crippen LogP contribution in [-0.2, 0) is 6.54 Å². The van der Waals surface area contributed by atoms with Gasteiger partial charge in [-0.15, -0.1) is 11.3 Å². The molecule has 0 aliphatic rings. The molecule has 4 rings (SSSR count). The Morgan fingerprint density at radius 2 is 2.04 bits per heavy atom. The molecule has 120 valence electrons. The number of pyridine rings is 1. The van der Waals surface area contributed by atoms with Gasteiger partial charge in [-0.25, -0.2) is 9.37 Å². The molecule has 3 aromatic heterocycles. The molecule has 0 saturated heterocycles. The number of thiophene rings is 1. The average molecular weight is 339 g/mol. The maximum Gasteiger partial charge on any atom is 0.165 e. The van der Waals surface area contributed by atoms with E-state index in [1.807, 2.05) is 23.2 Å². The highest BCUT2D eigenvalue weighted by Crippen LogP contribution is 2.38. The van der Waals surface area contributed by atoms with Gasteiger partial charge in [-0.1, -0.05) is 12.1 Å². The first-order valence-corrected chi connectivity index (χ1v) is 8.39. The number of aromatic nitrogens is 3. The third-order valence-corrected chi connectivity index (χ3v) is 4.84. The zero-order chi connectivity index (χ0) is 16.5. The maximum atomic E-state index is 13.8. The summed E-state index contributed by atoms with van der Waals surface area (Å²) >= 11 is 1.54. The second-order valence-corrected chi connectivity index (χ2v) is 6.31. The SMILES string of the molecule is CCn1cnc(-c2cc3nccc(Oc4ccccc4F)c3s2)c1. The number of halogens is 1. The zero-order valence-electron chi connectivity index (χ0n) is 12.9. The number of fused-ring (bicyclic) bond motifs is 1. The Morgan fingerprint density at radius 1 is 1.17 bits per heavy atom. The van der Waals surface area contributed by atoms with Crippen LogP contribution in [0.1, 0.15) is 6.92 Å². The number of nitrogens with zero attached hydrogens (tertiary/aromatic N) is 3. The quantitative estimate of drug-likeness (QED) is 0.518. The van der Waals surface area contributed by atoms with Crippen molar-refractivity contribution in [1.29, 1.82) is 0 Å². The first kappa shape index (κ1) is 14.8. The maximum absolute atomic E-state index is 13.8.